The van der Waals surface area contributed by atoms with Crippen molar-refractivity contribution in [2.24, 2.45) is 0 Å². The van der Waals surface area contributed by atoms with E-state index in [9.17, 15) is 9.59 Å². The molecule has 0 heterocycles. The Balaban J connectivity index is 3.46. The van der Waals surface area contributed by atoms with Gasteiger partial charge in [-0.3, -0.25) is 4.79 Å². The minimum Gasteiger partial charge on any atom is -0.444 e. The molecule has 0 aromatic heterocycles. The van der Waals surface area contributed by atoms with Crippen molar-refractivity contribution in [3.63, 3.8) is 0 Å². The normalized spacial score (nSPS) is 10.8. The zero-order valence-electron chi connectivity index (χ0n) is 10.7. The Kier molecular flexibility index (Phi) is 7.78. The van der Waals surface area contributed by atoms with Gasteiger partial charge in [-0.25, -0.2) is 4.79 Å². The summed E-state index contributed by atoms with van der Waals surface area (Å²) in [6.45, 7) is 6.46. The summed E-state index contributed by atoms with van der Waals surface area (Å²) in [6, 6.07) is 0. The van der Waals surface area contributed by atoms with E-state index in [0.717, 1.165) is 0 Å². The number of hydrogen-bond donors (Lipinski definition) is 3. The molecule has 0 aliphatic carbocycles. The zero-order valence-corrected chi connectivity index (χ0v) is 11.6. The third-order valence-corrected chi connectivity index (χ3v) is 1.91. The smallest absolute Gasteiger partial charge is 0.407 e. The van der Waals surface area contributed by atoms with Crippen molar-refractivity contribution >= 4 is 24.6 Å². The zero-order chi connectivity index (χ0) is 13.3. The molecule has 100 valence electrons. The van der Waals surface area contributed by atoms with Crippen LogP contribution in [0.1, 0.15) is 33.6 Å². The van der Waals surface area contributed by atoms with Crippen molar-refractivity contribution in [1.29, 1.82) is 0 Å². The first-order chi connectivity index (χ1) is 7.85. The summed E-state index contributed by atoms with van der Waals surface area (Å²) in [6.07, 6.45) is 0.666. The van der Waals surface area contributed by atoms with Gasteiger partial charge in [-0.2, -0.15) is 12.6 Å². The quantitative estimate of drug-likeness (QED) is 0.500. The summed E-state index contributed by atoms with van der Waals surface area (Å²) in [5, 5.41) is 5.34. The second-order valence-electron chi connectivity index (χ2n) is 4.61. The number of carbonyl (C=O) groups excluding carboxylic acids is 2. The number of ether oxygens (including phenoxy) is 1. The molecule has 0 rings (SSSR count). The van der Waals surface area contributed by atoms with E-state index >= 15 is 0 Å². The molecule has 0 aromatic rings. The Morgan fingerprint density at radius 3 is 2.29 bits per heavy atom. The Hall–Kier alpha value is -0.910. The van der Waals surface area contributed by atoms with Crippen LogP contribution in [0.3, 0.4) is 0 Å². The molecule has 0 saturated carbocycles. The van der Waals surface area contributed by atoms with Crippen LogP contribution in [0.25, 0.3) is 0 Å². The maximum absolute atomic E-state index is 11.2. The van der Waals surface area contributed by atoms with E-state index in [1.165, 1.54) is 0 Å². The molecule has 0 atom stereocenters. The van der Waals surface area contributed by atoms with Crippen LogP contribution in [0, 0.1) is 0 Å². The number of nitrogens with one attached hydrogen (secondary N) is 2. The fourth-order valence-corrected chi connectivity index (χ4v) is 1.21. The Bertz CT molecular complexity index is 252. The number of hydrogen-bond acceptors (Lipinski definition) is 4. The van der Waals surface area contributed by atoms with Gasteiger partial charge in [-0.1, -0.05) is 0 Å². The maximum atomic E-state index is 11.2. The number of alkyl carbamates (subject to hydrolysis) is 1. The van der Waals surface area contributed by atoms with Crippen LogP contribution in [0.4, 0.5) is 4.79 Å². The van der Waals surface area contributed by atoms with Crippen LogP contribution in [-0.4, -0.2) is 36.4 Å². The van der Waals surface area contributed by atoms with Crippen LogP contribution in [0.5, 0.6) is 0 Å². The molecule has 0 aromatic carbocycles. The number of thiol groups is 1. The van der Waals surface area contributed by atoms with Gasteiger partial charge in [0, 0.05) is 19.5 Å². The topological polar surface area (TPSA) is 67.4 Å². The molecule has 6 heteroatoms. The summed E-state index contributed by atoms with van der Waals surface area (Å²) in [7, 11) is 0. The maximum Gasteiger partial charge on any atom is 0.407 e. The van der Waals surface area contributed by atoms with Crippen molar-refractivity contribution in [1.82, 2.24) is 10.6 Å². The summed E-state index contributed by atoms with van der Waals surface area (Å²) in [4.78, 5) is 22.3. The van der Waals surface area contributed by atoms with Gasteiger partial charge in [-0.05, 0) is 32.9 Å². The Morgan fingerprint density at radius 2 is 1.76 bits per heavy atom. The van der Waals surface area contributed by atoms with E-state index in [1.54, 1.807) is 0 Å². The third kappa shape index (κ3) is 11.4. The standard InChI is InChI=1S/C11H22N2O3S/c1-11(2,3)16-10(15)13-7-4-6-12-9(14)5-8-17/h17H,4-8H2,1-3H3,(H,12,14)(H,13,15). The van der Waals surface area contributed by atoms with E-state index in [4.69, 9.17) is 4.74 Å². The molecule has 0 unspecified atom stereocenters. The molecule has 0 aliphatic heterocycles. The SMILES string of the molecule is CC(C)(C)OC(=O)NCCCNC(=O)CCS. The van der Waals surface area contributed by atoms with E-state index in [2.05, 4.69) is 23.3 Å². The second-order valence-corrected chi connectivity index (χ2v) is 5.05. The lowest BCUT2D eigenvalue weighted by atomic mass is 10.2. The first-order valence-corrected chi connectivity index (χ1v) is 6.33. The first-order valence-electron chi connectivity index (χ1n) is 5.69. The van der Waals surface area contributed by atoms with E-state index < -0.39 is 11.7 Å². The van der Waals surface area contributed by atoms with E-state index in [-0.39, 0.29) is 5.91 Å². The highest BCUT2D eigenvalue weighted by Gasteiger charge is 2.15. The van der Waals surface area contributed by atoms with Gasteiger partial charge in [0.25, 0.3) is 0 Å². The van der Waals surface area contributed by atoms with Crippen molar-refractivity contribution in [3.8, 4) is 0 Å². The lowest BCUT2D eigenvalue weighted by molar-refractivity contribution is -0.120. The van der Waals surface area contributed by atoms with Crippen LogP contribution in [0.2, 0.25) is 0 Å². The lowest BCUT2D eigenvalue weighted by Crippen LogP contribution is -2.34. The molecule has 0 bridgehead atoms. The summed E-state index contributed by atoms with van der Waals surface area (Å²) in [5.74, 6) is 0.527. The molecule has 0 aliphatic rings. The predicted octanol–water partition coefficient (Wildman–Crippen LogP) is 1.34. The molecule has 0 fully saturated rings. The van der Waals surface area contributed by atoms with Gasteiger partial charge in [0.1, 0.15) is 5.60 Å². The van der Waals surface area contributed by atoms with Crippen molar-refractivity contribution in [3.05, 3.63) is 0 Å². The van der Waals surface area contributed by atoms with Crippen LogP contribution in [-0.2, 0) is 9.53 Å². The lowest BCUT2D eigenvalue weighted by Gasteiger charge is -2.19. The molecule has 2 amide bonds. The molecule has 0 spiro atoms. The fraction of sp³-hybridized carbons (Fsp3) is 0.818. The van der Waals surface area contributed by atoms with Crippen LogP contribution in [0.15, 0.2) is 0 Å². The Labute approximate surface area is 108 Å². The molecule has 17 heavy (non-hydrogen) atoms. The molecular weight excluding hydrogens is 240 g/mol. The highest BCUT2D eigenvalue weighted by molar-refractivity contribution is 7.80. The summed E-state index contributed by atoms with van der Waals surface area (Å²) >= 11 is 3.96. The van der Waals surface area contributed by atoms with E-state index in [1.807, 2.05) is 20.8 Å². The summed E-state index contributed by atoms with van der Waals surface area (Å²) < 4.78 is 5.06. The molecule has 0 radical (unpaired) electrons. The highest BCUT2D eigenvalue weighted by Crippen LogP contribution is 2.06. The number of amides is 2. The van der Waals surface area contributed by atoms with Gasteiger partial charge in [0.2, 0.25) is 5.91 Å². The van der Waals surface area contributed by atoms with Crippen molar-refractivity contribution in [2.45, 2.75) is 39.2 Å². The fourth-order valence-electron chi connectivity index (χ4n) is 1.01. The largest absolute Gasteiger partial charge is 0.444 e. The highest BCUT2D eigenvalue weighted by atomic mass is 32.1. The Morgan fingerprint density at radius 1 is 1.18 bits per heavy atom. The van der Waals surface area contributed by atoms with Gasteiger partial charge in [-0.15, -0.1) is 0 Å². The van der Waals surface area contributed by atoms with Crippen LogP contribution < -0.4 is 10.6 Å². The minimum absolute atomic E-state index is 0.0164. The van der Waals surface area contributed by atoms with Gasteiger partial charge < -0.3 is 15.4 Å². The van der Waals surface area contributed by atoms with Crippen LogP contribution >= 0.6 is 12.6 Å². The van der Waals surface area contributed by atoms with Crippen molar-refractivity contribution in [2.75, 3.05) is 18.8 Å². The molecule has 0 saturated heterocycles. The molecule has 5 nitrogen and oxygen atoms in total. The van der Waals surface area contributed by atoms with E-state index in [0.29, 0.717) is 31.7 Å². The number of carbonyl (C=O) groups is 2. The average molecular weight is 262 g/mol. The van der Waals surface area contributed by atoms with Gasteiger partial charge >= 0.3 is 6.09 Å². The summed E-state index contributed by atoms with van der Waals surface area (Å²) in [5.41, 5.74) is -0.481. The number of rotatable bonds is 6. The van der Waals surface area contributed by atoms with Gasteiger partial charge in [0.05, 0.1) is 0 Å². The molecular formula is C11H22N2O3S. The minimum atomic E-state index is -0.481. The third-order valence-electron chi connectivity index (χ3n) is 1.68. The van der Waals surface area contributed by atoms with Crippen molar-refractivity contribution < 1.29 is 14.3 Å². The average Bonchev–Trinajstić information content (AvgIpc) is 2.14. The molecule has 2 N–H and O–H groups in total. The predicted molar refractivity (Wildman–Crippen MR) is 70.3 cm³/mol. The van der Waals surface area contributed by atoms with Gasteiger partial charge in [0.15, 0.2) is 0 Å². The first kappa shape index (κ1) is 16.1. The second kappa shape index (κ2) is 8.22. The monoisotopic (exact) mass is 262 g/mol.